The zero-order chi connectivity index (χ0) is 17.4. The van der Waals surface area contributed by atoms with Crippen LogP contribution in [0.15, 0.2) is 60.7 Å². The van der Waals surface area contributed by atoms with Gasteiger partial charge < -0.3 is 10.0 Å². The largest absolute Gasteiger partial charge is 0.379 e. The minimum absolute atomic E-state index is 0.425. The van der Waals surface area contributed by atoms with E-state index in [1.807, 2.05) is 60.7 Å². The van der Waals surface area contributed by atoms with E-state index in [0.717, 1.165) is 17.7 Å². The maximum absolute atomic E-state index is 11.4. The van der Waals surface area contributed by atoms with Crippen LogP contribution in [-0.2, 0) is 5.60 Å². The summed E-state index contributed by atoms with van der Waals surface area (Å²) in [6.07, 6.45) is 5.77. The smallest absolute Gasteiger partial charge is 0.139 e. The van der Waals surface area contributed by atoms with Gasteiger partial charge in [-0.1, -0.05) is 66.6 Å². The van der Waals surface area contributed by atoms with Crippen LogP contribution in [0.25, 0.3) is 0 Å². The first kappa shape index (κ1) is 17.7. The van der Waals surface area contributed by atoms with Crippen LogP contribution < -0.4 is 4.90 Å². The van der Waals surface area contributed by atoms with Crippen LogP contribution in [-0.4, -0.2) is 24.7 Å². The Labute approximate surface area is 151 Å². The first-order valence-electron chi connectivity index (χ1n) is 9.42. The summed E-state index contributed by atoms with van der Waals surface area (Å²) in [5.74, 6) is 6.60. The van der Waals surface area contributed by atoms with Gasteiger partial charge in [-0.15, -0.1) is 0 Å². The second kappa shape index (κ2) is 8.85. The maximum Gasteiger partial charge on any atom is 0.139 e. The molecule has 1 aliphatic heterocycles. The molecule has 3 rings (SSSR count). The second-order valence-electron chi connectivity index (χ2n) is 6.96. The zero-order valence-electron chi connectivity index (χ0n) is 14.9. The predicted octanol–water partition coefficient (Wildman–Crippen LogP) is 2.77. The number of rotatable bonds is 4. The summed E-state index contributed by atoms with van der Waals surface area (Å²) < 4.78 is 0. The Bertz CT molecular complexity index is 652. The van der Waals surface area contributed by atoms with E-state index in [0.29, 0.717) is 6.42 Å². The van der Waals surface area contributed by atoms with Crippen LogP contribution in [0.5, 0.6) is 0 Å². The Morgan fingerprint density at radius 2 is 1.28 bits per heavy atom. The van der Waals surface area contributed by atoms with Crippen LogP contribution >= 0.6 is 0 Å². The van der Waals surface area contributed by atoms with E-state index in [1.54, 1.807) is 4.90 Å². The molecule has 0 spiro atoms. The van der Waals surface area contributed by atoms with Gasteiger partial charge in [-0.25, -0.2) is 0 Å². The number of hydrogen-bond acceptors (Lipinski definition) is 1. The van der Waals surface area contributed by atoms with Crippen molar-refractivity contribution in [1.29, 1.82) is 0 Å². The van der Waals surface area contributed by atoms with Crippen molar-refractivity contribution < 1.29 is 10.0 Å². The van der Waals surface area contributed by atoms with Crippen molar-refractivity contribution in [3.63, 3.8) is 0 Å². The van der Waals surface area contributed by atoms with Crippen molar-refractivity contribution in [2.45, 2.75) is 37.7 Å². The van der Waals surface area contributed by atoms with E-state index in [1.165, 1.54) is 38.8 Å². The molecule has 25 heavy (non-hydrogen) atoms. The van der Waals surface area contributed by atoms with Crippen LogP contribution in [0.2, 0.25) is 0 Å². The zero-order valence-corrected chi connectivity index (χ0v) is 14.9. The summed E-state index contributed by atoms with van der Waals surface area (Å²) in [6.45, 7) is 3.35. The Morgan fingerprint density at radius 3 is 1.80 bits per heavy atom. The van der Waals surface area contributed by atoms with Crippen molar-refractivity contribution in [3.8, 4) is 11.8 Å². The lowest BCUT2D eigenvalue weighted by Gasteiger charge is -2.27. The van der Waals surface area contributed by atoms with E-state index in [4.69, 9.17) is 0 Å². The monoisotopic (exact) mass is 334 g/mol. The fraction of sp³-hybridized carbons (Fsp3) is 0.391. The summed E-state index contributed by atoms with van der Waals surface area (Å²) in [4.78, 5) is 1.59. The number of quaternary nitrogens is 1. The lowest BCUT2D eigenvalue weighted by Crippen LogP contribution is -3.11. The molecule has 0 unspecified atom stereocenters. The highest BCUT2D eigenvalue weighted by Gasteiger charge is 2.30. The number of benzene rings is 2. The molecule has 1 heterocycles. The van der Waals surface area contributed by atoms with Crippen LogP contribution in [0, 0.1) is 11.8 Å². The molecule has 2 aromatic carbocycles. The second-order valence-corrected chi connectivity index (χ2v) is 6.96. The summed E-state index contributed by atoms with van der Waals surface area (Å²) in [6, 6.07) is 19.8. The lowest BCUT2D eigenvalue weighted by molar-refractivity contribution is -0.891. The number of aliphatic hydroxyl groups is 1. The first-order valence-corrected chi connectivity index (χ1v) is 9.42. The average molecular weight is 334 g/mol. The predicted molar refractivity (Wildman–Crippen MR) is 102 cm³/mol. The molecule has 2 N–H and O–H groups in total. The van der Waals surface area contributed by atoms with Gasteiger partial charge in [-0.05, 0) is 42.7 Å². The Kier molecular flexibility index (Phi) is 6.28. The summed E-state index contributed by atoms with van der Waals surface area (Å²) in [5.41, 5.74) is 0.749. The van der Waals surface area contributed by atoms with Crippen molar-refractivity contribution in [2.75, 3.05) is 19.6 Å². The molecule has 0 bridgehead atoms. The molecule has 0 aliphatic carbocycles. The highest BCUT2D eigenvalue weighted by molar-refractivity contribution is 5.37. The first-order chi connectivity index (χ1) is 12.3. The van der Waals surface area contributed by atoms with Crippen LogP contribution in [0.3, 0.4) is 0 Å². The fourth-order valence-corrected chi connectivity index (χ4v) is 3.58. The Hall–Kier alpha value is -2.08. The minimum atomic E-state index is -1.05. The van der Waals surface area contributed by atoms with Crippen LogP contribution in [0.4, 0.5) is 0 Å². The number of hydrogen-bond donors (Lipinski definition) is 2. The third-order valence-corrected chi connectivity index (χ3v) is 5.12. The molecular weight excluding hydrogens is 306 g/mol. The van der Waals surface area contributed by atoms with Crippen molar-refractivity contribution in [3.05, 3.63) is 71.8 Å². The standard InChI is InChI=1S/C23H27NO/c25-23(21-13-5-3-6-14-21,22-15-7-4-8-16-22)17-9-12-20-24-18-10-1-2-11-19-24/h3-8,13-16,25H,1-2,10-11,17-20H2/p+1. The molecule has 2 heteroatoms. The highest BCUT2D eigenvalue weighted by Crippen LogP contribution is 2.32. The maximum atomic E-state index is 11.4. The number of likely N-dealkylation sites (tertiary alicyclic amines) is 1. The van der Waals surface area contributed by atoms with Gasteiger partial charge in [0.25, 0.3) is 0 Å². The van der Waals surface area contributed by atoms with Crippen LogP contribution in [0.1, 0.15) is 43.2 Å². The highest BCUT2D eigenvalue weighted by atomic mass is 16.3. The Morgan fingerprint density at radius 1 is 0.760 bits per heavy atom. The quantitative estimate of drug-likeness (QED) is 0.826. The molecule has 0 radical (unpaired) electrons. The van der Waals surface area contributed by atoms with Gasteiger partial charge in [0, 0.05) is 6.42 Å². The van der Waals surface area contributed by atoms with E-state index in [-0.39, 0.29) is 0 Å². The van der Waals surface area contributed by atoms with Crippen molar-refractivity contribution in [1.82, 2.24) is 0 Å². The third kappa shape index (κ3) is 4.72. The van der Waals surface area contributed by atoms with Gasteiger partial charge in [0.1, 0.15) is 12.1 Å². The summed E-state index contributed by atoms with van der Waals surface area (Å²) >= 11 is 0. The van der Waals surface area contributed by atoms with Gasteiger partial charge in [0.05, 0.1) is 13.1 Å². The van der Waals surface area contributed by atoms with Gasteiger partial charge >= 0.3 is 0 Å². The topological polar surface area (TPSA) is 24.7 Å². The van der Waals surface area contributed by atoms with Gasteiger partial charge in [0.2, 0.25) is 0 Å². The third-order valence-electron chi connectivity index (χ3n) is 5.12. The van der Waals surface area contributed by atoms with Crippen molar-refractivity contribution >= 4 is 0 Å². The molecule has 1 aliphatic rings. The van der Waals surface area contributed by atoms with Gasteiger partial charge in [-0.2, -0.15) is 0 Å². The summed E-state index contributed by atoms with van der Waals surface area (Å²) in [5, 5.41) is 11.4. The Balaban J connectivity index is 1.74. The van der Waals surface area contributed by atoms with E-state index >= 15 is 0 Å². The average Bonchev–Trinajstić information content (AvgIpc) is 2.95. The molecule has 1 saturated heterocycles. The molecule has 1 fully saturated rings. The molecule has 2 nitrogen and oxygen atoms in total. The number of nitrogens with one attached hydrogen (secondary N) is 1. The van der Waals surface area contributed by atoms with Crippen molar-refractivity contribution in [2.24, 2.45) is 0 Å². The molecule has 0 saturated carbocycles. The fourth-order valence-electron chi connectivity index (χ4n) is 3.58. The van der Waals surface area contributed by atoms with E-state index in [2.05, 4.69) is 11.8 Å². The molecule has 2 aromatic rings. The molecule has 130 valence electrons. The van der Waals surface area contributed by atoms with Gasteiger partial charge in [-0.3, -0.25) is 0 Å². The minimum Gasteiger partial charge on any atom is -0.379 e. The van der Waals surface area contributed by atoms with E-state index in [9.17, 15) is 5.11 Å². The molecular formula is C23H28NO+. The SMILES string of the molecule is OC(CC#CC[NH+]1CCCCCC1)(c1ccccc1)c1ccccc1. The molecule has 0 amide bonds. The summed E-state index contributed by atoms with van der Waals surface area (Å²) in [7, 11) is 0. The normalized spacial score (nSPS) is 15.9. The van der Waals surface area contributed by atoms with E-state index < -0.39 is 5.60 Å². The van der Waals surface area contributed by atoms with Gasteiger partial charge in [0.15, 0.2) is 0 Å². The lowest BCUT2D eigenvalue weighted by atomic mass is 9.84. The molecule has 0 aromatic heterocycles. The molecule has 0 atom stereocenters.